The smallest absolute Gasteiger partial charge is 0.252 e. The number of hydrogen-bond acceptors (Lipinski definition) is 3. The maximum Gasteiger partial charge on any atom is 0.252 e. The normalized spacial score (nSPS) is 12.1. The van der Waals surface area contributed by atoms with Gasteiger partial charge in [-0.3, -0.25) is 4.79 Å². The van der Waals surface area contributed by atoms with Crippen LogP contribution in [0, 0.1) is 5.82 Å². The lowest BCUT2D eigenvalue weighted by Gasteiger charge is -2.18. The third kappa shape index (κ3) is 5.25. The molecular formula is C22H22FNO2S. The van der Waals surface area contributed by atoms with Crippen LogP contribution in [0.4, 0.5) is 4.39 Å². The largest absolute Gasteiger partial charge is 0.374 e. The lowest BCUT2D eigenvalue weighted by atomic mass is 10.0. The van der Waals surface area contributed by atoms with Crippen molar-refractivity contribution in [1.82, 2.24) is 5.32 Å². The molecule has 0 bridgehead atoms. The summed E-state index contributed by atoms with van der Waals surface area (Å²) < 4.78 is 18.9. The highest BCUT2D eigenvalue weighted by Crippen LogP contribution is 2.26. The topological polar surface area (TPSA) is 38.3 Å². The van der Waals surface area contributed by atoms with Gasteiger partial charge in [0, 0.05) is 10.4 Å². The van der Waals surface area contributed by atoms with E-state index in [-0.39, 0.29) is 23.9 Å². The second-order valence-electron chi connectivity index (χ2n) is 6.53. The molecule has 5 heteroatoms. The van der Waals surface area contributed by atoms with Crippen molar-refractivity contribution in [2.24, 2.45) is 0 Å². The van der Waals surface area contributed by atoms with Gasteiger partial charge >= 0.3 is 0 Å². The summed E-state index contributed by atoms with van der Waals surface area (Å²) in [5, 5.41) is 5.02. The van der Waals surface area contributed by atoms with Gasteiger partial charge in [-0.1, -0.05) is 30.3 Å². The first-order chi connectivity index (χ1) is 13.0. The van der Waals surface area contributed by atoms with E-state index in [9.17, 15) is 9.18 Å². The van der Waals surface area contributed by atoms with E-state index in [0.29, 0.717) is 12.2 Å². The molecule has 0 spiro atoms. The number of nitrogens with one attached hydrogen (secondary N) is 1. The van der Waals surface area contributed by atoms with Crippen LogP contribution in [0.2, 0.25) is 0 Å². The van der Waals surface area contributed by atoms with E-state index in [2.05, 4.69) is 5.32 Å². The summed E-state index contributed by atoms with van der Waals surface area (Å²) in [7, 11) is 0. The average Bonchev–Trinajstić information content (AvgIpc) is 3.20. The number of benzene rings is 2. The standard InChI is InChI=1S/C22H22FNO2S/c1-15(2)26-14-16-5-7-18(8-6-16)22(25)24-21(20-4-3-13-27-20)17-9-11-19(23)12-10-17/h3-13,15,21H,14H2,1-2H3,(H,24,25). The third-order valence-electron chi connectivity index (χ3n) is 4.11. The van der Waals surface area contributed by atoms with Crippen LogP contribution in [-0.2, 0) is 11.3 Å². The molecule has 0 fully saturated rings. The van der Waals surface area contributed by atoms with Gasteiger partial charge in [0.2, 0.25) is 0 Å². The molecule has 27 heavy (non-hydrogen) atoms. The van der Waals surface area contributed by atoms with Crippen LogP contribution in [0.3, 0.4) is 0 Å². The number of ether oxygens (including phenoxy) is 1. The summed E-state index contributed by atoms with van der Waals surface area (Å²) in [6, 6.07) is 17.2. The molecule has 1 amide bonds. The second-order valence-corrected chi connectivity index (χ2v) is 7.51. The van der Waals surface area contributed by atoms with Gasteiger partial charge in [-0.25, -0.2) is 4.39 Å². The molecule has 1 atom stereocenters. The van der Waals surface area contributed by atoms with Crippen LogP contribution >= 0.6 is 11.3 Å². The molecule has 1 unspecified atom stereocenters. The van der Waals surface area contributed by atoms with E-state index in [4.69, 9.17) is 4.74 Å². The number of thiophene rings is 1. The van der Waals surface area contributed by atoms with Crippen LogP contribution in [0.5, 0.6) is 0 Å². The molecule has 2 aromatic carbocycles. The minimum Gasteiger partial charge on any atom is -0.374 e. The van der Waals surface area contributed by atoms with E-state index in [1.165, 1.54) is 12.1 Å². The minimum atomic E-state index is -0.318. The summed E-state index contributed by atoms with van der Waals surface area (Å²) in [6.45, 7) is 4.50. The van der Waals surface area contributed by atoms with Gasteiger partial charge < -0.3 is 10.1 Å². The van der Waals surface area contributed by atoms with E-state index >= 15 is 0 Å². The molecule has 0 aliphatic heterocycles. The number of carbonyl (C=O) groups excluding carboxylic acids is 1. The summed E-state index contributed by atoms with van der Waals surface area (Å²) in [5.41, 5.74) is 2.44. The lowest BCUT2D eigenvalue weighted by Crippen LogP contribution is -2.28. The molecule has 0 aliphatic carbocycles. The molecular weight excluding hydrogens is 361 g/mol. The van der Waals surface area contributed by atoms with Gasteiger partial charge in [-0.15, -0.1) is 11.3 Å². The quantitative estimate of drug-likeness (QED) is 0.599. The predicted molar refractivity (Wildman–Crippen MR) is 106 cm³/mol. The Morgan fingerprint density at radius 3 is 2.37 bits per heavy atom. The molecule has 0 radical (unpaired) electrons. The van der Waals surface area contributed by atoms with E-state index < -0.39 is 0 Å². The highest BCUT2D eigenvalue weighted by Gasteiger charge is 2.19. The van der Waals surface area contributed by atoms with Crippen LogP contribution in [0.1, 0.15) is 46.3 Å². The maximum absolute atomic E-state index is 13.3. The molecule has 0 saturated heterocycles. The predicted octanol–water partition coefficient (Wildman–Crippen LogP) is 5.33. The van der Waals surface area contributed by atoms with Gasteiger partial charge in [0.15, 0.2) is 0 Å². The third-order valence-corrected chi connectivity index (χ3v) is 5.04. The maximum atomic E-state index is 13.3. The zero-order valence-electron chi connectivity index (χ0n) is 15.3. The zero-order valence-corrected chi connectivity index (χ0v) is 16.1. The van der Waals surface area contributed by atoms with Gasteiger partial charge in [-0.2, -0.15) is 0 Å². The number of halogens is 1. The first kappa shape index (κ1) is 19.3. The monoisotopic (exact) mass is 383 g/mol. The highest BCUT2D eigenvalue weighted by molar-refractivity contribution is 7.10. The Balaban J connectivity index is 1.75. The molecule has 1 heterocycles. The molecule has 3 aromatic rings. The number of rotatable bonds is 7. The van der Waals surface area contributed by atoms with Gasteiger partial charge in [0.1, 0.15) is 5.82 Å². The van der Waals surface area contributed by atoms with Gasteiger partial charge in [0.05, 0.1) is 18.8 Å². The fraction of sp³-hybridized carbons (Fsp3) is 0.227. The van der Waals surface area contributed by atoms with Crippen LogP contribution in [0.15, 0.2) is 66.0 Å². The average molecular weight is 383 g/mol. The van der Waals surface area contributed by atoms with Gasteiger partial charge in [0.25, 0.3) is 5.91 Å². The van der Waals surface area contributed by atoms with Crippen molar-refractivity contribution in [3.8, 4) is 0 Å². The highest BCUT2D eigenvalue weighted by atomic mass is 32.1. The SMILES string of the molecule is CC(C)OCc1ccc(C(=O)NC(c2ccc(F)cc2)c2cccs2)cc1. The van der Waals surface area contributed by atoms with Gasteiger partial charge in [-0.05, 0) is 60.7 Å². The molecule has 3 rings (SSSR count). The van der Waals surface area contributed by atoms with Crippen molar-refractivity contribution in [1.29, 1.82) is 0 Å². The Kier molecular flexibility index (Phi) is 6.37. The lowest BCUT2D eigenvalue weighted by molar-refractivity contribution is 0.0656. The Morgan fingerprint density at radius 1 is 1.07 bits per heavy atom. The first-order valence-electron chi connectivity index (χ1n) is 8.83. The van der Waals surface area contributed by atoms with Crippen molar-refractivity contribution < 1.29 is 13.9 Å². The second kappa shape index (κ2) is 8.93. The molecule has 0 aliphatic rings. The van der Waals surface area contributed by atoms with Crippen LogP contribution < -0.4 is 5.32 Å². The number of hydrogen-bond donors (Lipinski definition) is 1. The Hall–Kier alpha value is -2.50. The molecule has 140 valence electrons. The van der Waals surface area contributed by atoms with Crippen LogP contribution in [-0.4, -0.2) is 12.0 Å². The number of carbonyl (C=O) groups is 1. The molecule has 1 aromatic heterocycles. The van der Waals surface area contributed by atoms with Crippen molar-refractivity contribution in [2.45, 2.75) is 32.6 Å². The Labute approximate surface area is 162 Å². The summed E-state index contributed by atoms with van der Waals surface area (Å²) in [5.74, 6) is -0.469. The molecule has 0 saturated carbocycles. The fourth-order valence-electron chi connectivity index (χ4n) is 2.66. The fourth-order valence-corrected chi connectivity index (χ4v) is 3.46. The van der Waals surface area contributed by atoms with Crippen molar-refractivity contribution in [2.75, 3.05) is 0 Å². The summed E-state index contributed by atoms with van der Waals surface area (Å²) in [6.07, 6.45) is 0.162. The van der Waals surface area contributed by atoms with Crippen molar-refractivity contribution in [3.05, 3.63) is 93.4 Å². The Morgan fingerprint density at radius 2 is 1.78 bits per heavy atom. The molecule has 1 N–H and O–H groups in total. The zero-order chi connectivity index (χ0) is 19.2. The van der Waals surface area contributed by atoms with Crippen molar-refractivity contribution >= 4 is 17.2 Å². The summed E-state index contributed by atoms with van der Waals surface area (Å²) >= 11 is 1.55. The van der Waals surface area contributed by atoms with Crippen molar-refractivity contribution in [3.63, 3.8) is 0 Å². The Bertz CT molecular complexity index is 858. The van der Waals surface area contributed by atoms with E-state index in [1.807, 2.05) is 43.5 Å². The first-order valence-corrected chi connectivity index (χ1v) is 9.71. The van der Waals surface area contributed by atoms with E-state index in [0.717, 1.165) is 16.0 Å². The summed E-state index contributed by atoms with van der Waals surface area (Å²) in [4.78, 5) is 13.8. The van der Waals surface area contributed by atoms with E-state index in [1.54, 1.807) is 35.6 Å². The molecule has 3 nitrogen and oxygen atoms in total. The minimum absolute atomic E-state index is 0.162. The van der Waals surface area contributed by atoms with Crippen LogP contribution in [0.25, 0.3) is 0 Å². The number of amides is 1.